The minimum atomic E-state index is 0.449. The van der Waals surface area contributed by atoms with Gasteiger partial charge in [-0.25, -0.2) is 0 Å². The molecule has 1 aliphatic rings. The van der Waals surface area contributed by atoms with Crippen LogP contribution in [0, 0.1) is 0 Å². The fourth-order valence-corrected chi connectivity index (χ4v) is 5.73. The van der Waals surface area contributed by atoms with E-state index in [4.69, 9.17) is 4.74 Å². The van der Waals surface area contributed by atoms with Crippen LogP contribution in [0.5, 0.6) is 5.75 Å². The summed E-state index contributed by atoms with van der Waals surface area (Å²) in [7, 11) is 1.72. The third kappa shape index (κ3) is 6.64. The van der Waals surface area contributed by atoms with Crippen LogP contribution in [0.3, 0.4) is 0 Å². The highest BCUT2D eigenvalue weighted by Gasteiger charge is 2.25. The van der Waals surface area contributed by atoms with Crippen molar-refractivity contribution in [2.75, 3.05) is 25.1 Å². The van der Waals surface area contributed by atoms with E-state index in [2.05, 4.69) is 117 Å². The number of hydrogen-bond acceptors (Lipinski definition) is 5. The Morgan fingerprint density at radius 1 is 0.707 bits per heavy atom. The molecule has 1 aliphatic heterocycles. The Morgan fingerprint density at radius 3 is 1.85 bits per heavy atom. The smallest absolute Gasteiger partial charge is 0.119 e. The van der Waals surface area contributed by atoms with E-state index < -0.39 is 0 Å². The maximum atomic E-state index is 5.45. The predicted octanol–water partition coefficient (Wildman–Crippen LogP) is 7.49. The highest BCUT2D eigenvalue weighted by atomic mass is 16.5. The van der Waals surface area contributed by atoms with Crippen LogP contribution in [0.2, 0.25) is 0 Å². The van der Waals surface area contributed by atoms with E-state index in [0.29, 0.717) is 6.04 Å². The molecule has 2 aromatic heterocycles. The number of benzene rings is 3. The van der Waals surface area contributed by atoms with E-state index in [9.17, 15) is 0 Å². The molecule has 0 unspecified atom stereocenters. The quantitative estimate of drug-likeness (QED) is 0.194. The molecular weight excluding hydrogens is 504 g/mol. The van der Waals surface area contributed by atoms with E-state index in [1.807, 2.05) is 24.5 Å². The summed E-state index contributed by atoms with van der Waals surface area (Å²) in [5.74, 6) is 0.881. The summed E-state index contributed by atoms with van der Waals surface area (Å²) < 4.78 is 5.45. The van der Waals surface area contributed by atoms with E-state index in [1.54, 1.807) is 7.11 Å². The van der Waals surface area contributed by atoms with Gasteiger partial charge in [0, 0.05) is 61.4 Å². The van der Waals surface area contributed by atoms with E-state index >= 15 is 0 Å². The third-order valence-corrected chi connectivity index (χ3v) is 7.95. The Kier molecular flexibility index (Phi) is 8.34. The molecule has 5 aromatic rings. The SMILES string of the molecule is COc1ccc(N(Cc2ccnc(-c3ccccc3)c2)C2CCN(Cc3ccnc(-c4ccccc4)c3)CC2)cc1. The Bertz CT molecular complexity index is 1530. The number of nitrogens with zero attached hydrogens (tertiary/aromatic N) is 4. The lowest BCUT2D eigenvalue weighted by molar-refractivity contribution is 0.201. The van der Waals surface area contributed by atoms with Gasteiger partial charge >= 0.3 is 0 Å². The monoisotopic (exact) mass is 540 g/mol. The molecule has 0 atom stereocenters. The summed E-state index contributed by atoms with van der Waals surface area (Å²) in [5, 5.41) is 0. The average molecular weight is 541 g/mol. The first-order valence-electron chi connectivity index (χ1n) is 14.4. The van der Waals surface area contributed by atoms with Crippen LogP contribution in [-0.2, 0) is 13.1 Å². The summed E-state index contributed by atoms with van der Waals surface area (Å²) in [5.41, 5.74) is 8.16. The molecule has 1 fully saturated rings. The zero-order chi connectivity index (χ0) is 27.9. The molecular formula is C36H36N4O. The predicted molar refractivity (Wildman–Crippen MR) is 167 cm³/mol. The summed E-state index contributed by atoms with van der Waals surface area (Å²) in [6.07, 6.45) is 6.09. The van der Waals surface area contributed by atoms with Crippen molar-refractivity contribution in [2.45, 2.75) is 32.0 Å². The Morgan fingerprint density at radius 2 is 1.27 bits per heavy atom. The number of pyridine rings is 2. The summed E-state index contributed by atoms with van der Waals surface area (Å²) in [6, 6.07) is 38.5. The minimum absolute atomic E-state index is 0.449. The van der Waals surface area contributed by atoms with Gasteiger partial charge in [0.15, 0.2) is 0 Å². The molecule has 5 heteroatoms. The maximum Gasteiger partial charge on any atom is 0.119 e. The first-order valence-corrected chi connectivity index (χ1v) is 14.4. The van der Waals surface area contributed by atoms with Crippen molar-refractivity contribution in [2.24, 2.45) is 0 Å². The number of piperidine rings is 1. The number of anilines is 1. The molecule has 0 bridgehead atoms. The molecule has 0 spiro atoms. The van der Waals surface area contributed by atoms with Crippen LogP contribution < -0.4 is 9.64 Å². The molecule has 3 heterocycles. The van der Waals surface area contributed by atoms with E-state index in [0.717, 1.165) is 67.3 Å². The van der Waals surface area contributed by atoms with Crippen molar-refractivity contribution in [3.63, 3.8) is 0 Å². The molecule has 3 aromatic carbocycles. The molecule has 0 amide bonds. The molecule has 6 rings (SSSR count). The van der Waals surface area contributed by atoms with Crippen molar-refractivity contribution in [3.8, 4) is 28.3 Å². The fraction of sp³-hybridized carbons (Fsp3) is 0.222. The average Bonchev–Trinajstić information content (AvgIpc) is 3.05. The van der Waals surface area contributed by atoms with Crippen molar-refractivity contribution in [1.82, 2.24) is 14.9 Å². The summed E-state index contributed by atoms with van der Waals surface area (Å²) in [4.78, 5) is 14.4. The van der Waals surface area contributed by atoms with Gasteiger partial charge in [-0.05, 0) is 72.5 Å². The van der Waals surface area contributed by atoms with Gasteiger partial charge in [-0.1, -0.05) is 60.7 Å². The molecule has 0 saturated carbocycles. The van der Waals surface area contributed by atoms with Gasteiger partial charge in [0.25, 0.3) is 0 Å². The van der Waals surface area contributed by atoms with Crippen LogP contribution in [-0.4, -0.2) is 41.1 Å². The van der Waals surface area contributed by atoms with Crippen LogP contribution in [0.1, 0.15) is 24.0 Å². The minimum Gasteiger partial charge on any atom is -0.497 e. The van der Waals surface area contributed by atoms with E-state index in [-0.39, 0.29) is 0 Å². The third-order valence-electron chi connectivity index (χ3n) is 7.95. The van der Waals surface area contributed by atoms with Gasteiger partial charge in [0.2, 0.25) is 0 Å². The molecule has 41 heavy (non-hydrogen) atoms. The molecule has 1 saturated heterocycles. The Balaban J connectivity index is 1.17. The van der Waals surface area contributed by atoms with E-state index in [1.165, 1.54) is 16.8 Å². The summed E-state index contributed by atoms with van der Waals surface area (Å²) in [6.45, 7) is 3.91. The van der Waals surface area contributed by atoms with Crippen LogP contribution in [0.4, 0.5) is 5.69 Å². The van der Waals surface area contributed by atoms with Gasteiger partial charge in [-0.3, -0.25) is 14.9 Å². The molecule has 0 aliphatic carbocycles. The van der Waals surface area contributed by atoms with Crippen molar-refractivity contribution in [1.29, 1.82) is 0 Å². The number of rotatable bonds is 9. The highest BCUT2D eigenvalue weighted by Crippen LogP contribution is 2.29. The molecule has 5 nitrogen and oxygen atoms in total. The lowest BCUT2D eigenvalue weighted by atomic mass is 10.00. The Labute approximate surface area is 243 Å². The second-order valence-electron chi connectivity index (χ2n) is 10.7. The molecule has 206 valence electrons. The molecule has 0 radical (unpaired) electrons. The van der Waals surface area contributed by atoms with Gasteiger partial charge < -0.3 is 9.64 Å². The van der Waals surface area contributed by atoms with Crippen molar-refractivity contribution >= 4 is 5.69 Å². The van der Waals surface area contributed by atoms with Gasteiger partial charge in [-0.2, -0.15) is 0 Å². The van der Waals surface area contributed by atoms with Crippen LogP contribution >= 0.6 is 0 Å². The fourth-order valence-electron chi connectivity index (χ4n) is 5.73. The van der Waals surface area contributed by atoms with Crippen LogP contribution in [0.15, 0.2) is 122 Å². The van der Waals surface area contributed by atoms with Crippen molar-refractivity contribution < 1.29 is 4.74 Å². The lowest BCUT2D eigenvalue weighted by Gasteiger charge is -2.40. The number of likely N-dealkylation sites (tertiary alicyclic amines) is 1. The summed E-state index contributed by atoms with van der Waals surface area (Å²) >= 11 is 0. The van der Waals surface area contributed by atoms with Gasteiger partial charge in [0.1, 0.15) is 5.75 Å². The standard InChI is InChI=1S/C36H36N4O/c1-41-34-14-12-32(13-15-34)40(27-29-17-21-38-36(25-29)31-10-6-3-7-11-31)33-18-22-39(23-19-33)26-28-16-20-37-35(24-28)30-8-4-2-5-9-30/h2-17,20-21,24-25,33H,18-19,22-23,26-27H2,1H3. The van der Waals surface area contributed by atoms with Crippen LogP contribution in [0.25, 0.3) is 22.5 Å². The largest absolute Gasteiger partial charge is 0.497 e. The number of hydrogen-bond donors (Lipinski definition) is 0. The lowest BCUT2D eigenvalue weighted by Crippen LogP contribution is -2.44. The van der Waals surface area contributed by atoms with Gasteiger partial charge in [0.05, 0.1) is 18.5 Å². The second-order valence-corrected chi connectivity index (χ2v) is 10.7. The zero-order valence-electron chi connectivity index (χ0n) is 23.6. The van der Waals surface area contributed by atoms with Crippen molar-refractivity contribution in [3.05, 3.63) is 133 Å². The normalized spacial score (nSPS) is 14.1. The molecule has 0 N–H and O–H groups in total. The maximum absolute atomic E-state index is 5.45. The number of methoxy groups -OCH3 is 1. The van der Waals surface area contributed by atoms with Gasteiger partial charge in [-0.15, -0.1) is 0 Å². The Hall–Kier alpha value is -4.48. The second kappa shape index (κ2) is 12.8. The first kappa shape index (κ1) is 26.7. The zero-order valence-corrected chi connectivity index (χ0v) is 23.6. The first-order chi connectivity index (χ1) is 20.2. The number of ether oxygens (including phenoxy) is 1. The number of aromatic nitrogens is 2. The highest BCUT2D eigenvalue weighted by molar-refractivity contribution is 5.60. The topological polar surface area (TPSA) is 41.5 Å².